The van der Waals surface area contributed by atoms with E-state index in [0.29, 0.717) is 30.0 Å². The van der Waals surface area contributed by atoms with Gasteiger partial charge in [0.15, 0.2) is 0 Å². The predicted molar refractivity (Wildman–Crippen MR) is 89.6 cm³/mol. The van der Waals surface area contributed by atoms with Crippen LogP contribution in [0.25, 0.3) is 0 Å². The van der Waals surface area contributed by atoms with Gasteiger partial charge in [0.2, 0.25) is 0 Å². The van der Waals surface area contributed by atoms with Crippen molar-refractivity contribution >= 4 is 0 Å². The van der Waals surface area contributed by atoms with Crippen molar-refractivity contribution in [1.29, 1.82) is 0 Å². The normalized spacial score (nSPS) is 27.2. The highest BCUT2D eigenvalue weighted by atomic mass is 19.4. The highest BCUT2D eigenvalue weighted by Gasteiger charge is 2.39. The summed E-state index contributed by atoms with van der Waals surface area (Å²) < 4.78 is 40.0. The zero-order valence-electron chi connectivity index (χ0n) is 14.5. The van der Waals surface area contributed by atoms with E-state index in [1.807, 2.05) is 0 Å². The summed E-state index contributed by atoms with van der Waals surface area (Å²) in [5.41, 5.74) is -0.0814. The Bertz CT molecular complexity index is 548. The van der Waals surface area contributed by atoms with Crippen LogP contribution in [0.4, 0.5) is 13.2 Å². The summed E-state index contributed by atoms with van der Waals surface area (Å²) >= 11 is 0. The minimum Gasteiger partial charge on any atom is -0.302 e. The second kappa shape index (κ2) is 7.04. The fourth-order valence-corrected chi connectivity index (χ4v) is 4.29. The lowest BCUT2D eigenvalue weighted by atomic mass is 9.82. The molecule has 1 aromatic carbocycles. The van der Waals surface area contributed by atoms with Crippen LogP contribution in [0.2, 0.25) is 0 Å². The molecule has 3 aliphatic heterocycles. The van der Waals surface area contributed by atoms with Crippen LogP contribution >= 0.6 is 0 Å². The van der Waals surface area contributed by atoms with Gasteiger partial charge in [0.25, 0.3) is 0 Å². The molecule has 1 unspecified atom stereocenters. The molecule has 3 fully saturated rings. The Kier molecular flexibility index (Phi) is 5.21. The molecule has 0 amide bonds. The molecule has 0 N–H and O–H groups in total. The fraction of sp³-hybridized carbons (Fsp3) is 0.684. The van der Waals surface area contributed by atoms with Crippen LogP contribution in [0.1, 0.15) is 37.8 Å². The van der Waals surface area contributed by atoms with Gasteiger partial charge in [0, 0.05) is 25.7 Å². The summed E-state index contributed by atoms with van der Waals surface area (Å²) in [4.78, 5) is 4.78. The third kappa shape index (κ3) is 3.94. The van der Waals surface area contributed by atoms with E-state index in [1.165, 1.54) is 25.0 Å². The van der Waals surface area contributed by atoms with Gasteiger partial charge in [-0.2, -0.15) is 13.2 Å². The SMILES string of the molecule is CC(C)CN(Cc1ccccc1C(F)(F)F)C1CN2CCC1CC2. The first kappa shape index (κ1) is 17.7. The molecule has 24 heavy (non-hydrogen) atoms. The van der Waals surface area contributed by atoms with Crippen LogP contribution in [0.3, 0.4) is 0 Å². The molecule has 2 bridgehead atoms. The Morgan fingerprint density at radius 3 is 2.38 bits per heavy atom. The van der Waals surface area contributed by atoms with Crippen molar-refractivity contribution in [3.05, 3.63) is 35.4 Å². The largest absolute Gasteiger partial charge is 0.416 e. The van der Waals surface area contributed by atoms with E-state index < -0.39 is 11.7 Å². The van der Waals surface area contributed by atoms with Crippen molar-refractivity contribution in [2.75, 3.05) is 26.2 Å². The van der Waals surface area contributed by atoms with Gasteiger partial charge in [-0.3, -0.25) is 4.90 Å². The van der Waals surface area contributed by atoms with Crippen LogP contribution in [0.5, 0.6) is 0 Å². The molecule has 0 aromatic heterocycles. The molecule has 3 aliphatic rings. The average molecular weight is 340 g/mol. The maximum Gasteiger partial charge on any atom is 0.416 e. The number of piperidine rings is 3. The van der Waals surface area contributed by atoms with Gasteiger partial charge in [-0.05, 0) is 49.4 Å². The van der Waals surface area contributed by atoms with Gasteiger partial charge in [-0.1, -0.05) is 32.0 Å². The number of alkyl halides is 3. The highest BCUT2D eigenvalue weighted by molar-refractivity contribution is 5.29. The zero-order chi connectivity index (χ0) is 17.3. The van der Waals surface area contributed by atoms with Crippen LogP contribution in [0, 0.1) is 11.8 Å². The monoisotopic (exact) mass is 340 g/mol. The molecule has 1 aromatic rings. The van der Waals surface area contributed by atoms with Gasteiger partial charge in [-0.25, -0.2) is 0 Å². The van der Waals surface area contributed by atoms with Crippen LogP contribution in [0.15, 0.2) is 24.3 Å². The number of fused-ring (bicyclic) bond motifs is 3. The van der Waals surface area contributed by atoms with E-state index in [2.05, 4.69) is 23.6 Å². The number of nitrogens with zero attached hydrogens (tertiary/aromatic N) is 2. The molecule has 3 saturated heterocycles. The van der Waals surface area contributed by atoms with Gasteiger partial charge < -0.3 is 4.90 Å². The maximum absolute atomic E-state index is 13.3. The standard InChI is InChI=1S/C19H27F3N2/c1-14(2)11-24(18-13-23-9-7-15(18)8-10-23)12-16-5-3-4-6-17(16)19(20,21)22/h3-6,14-15,18H,7-13H2,1-2H3. The number of halogens is 3. The van der Waals surface area contributed by atoms with Crippen LogP contribution in [-0.4, -0.2) is 42.0 Å². The number of hydrogen-bond donors (Lipinski definition) is 0. The van der Waals surface area contributed by atoms with Crippen molar-refractivity contribution in [3.63, 3.8) is 0 Å². The lowest BCUT2D eigenvalue weighted by molar-refractivity contribution is -0.138. The van der Waals surface area contributed by atoms with Gasteiger partial charge in [0.1, 0.15) is 0 Å². The molecule has 134 valence electrons. The Hall–Kier alpha value is -1.07. The minimum absolute atomic E-state index is 0.385. The molecular formula is C19H27F3N2. The molecular weight excluding hydrogens is 313 g/mol. The maximum atomic E-state index is 13.3. The smallest absolute Gasteiger partial charge is 0.302 e. The molecule has 0 radical (unpaired) electrons. The lowest BCUT2D eigenvalue weighted by Crippen LogP contribution is -2.57. The Morgan fingerprint density at radius 2 is 1.83 bits per heavy atom. The van der Waals surface area contributed by atoms with E-state index in [4.69, 9.17) is 0 Å². The van der Waals surface area contributed by atoms with E-state index in [-0.39, 0.29) is 0 Å². The van der Waals surface area contributed by atoms with E-state index in [1.54, 1.807) is 12.1 Å². The fourth-order valence-electron chi connectivity index (χ4n) is 4.29. The third-order valence-electron chi connectivity index (χ3n) is 5.39. The summed E-state index contributed by atoms with van der Waals surface area (Å²) in [6.45, 7) is 8.83. The number of hydrogen-bond acceptors (Lipinski definition) is 2. The quantitative estimate of drug-likeness (QED) is 0.790. The Morgan fingerprint density at radius 1 is 1.17 bits per heavy atom. The minimum atomic E-state index is -4.28. The Labute approximate surface area is 142 Å². The topological polar surface area (TPSA) is 6.48 Å². The second-order valence-electron chi connectivity index (χ2n) is 7.68. The Balaban J connectivity index is 1.83. The van der Waals surface area contributed by atoms with Crippen LogP contribution < -0.4 is 0 Å². The molecule has 5 heteroatoms. The van der Waals surface area contributed by atoms with Crippen molar-refractivity contribution in [3.8, 4) is 0 Å². The number of benzene rings is 1. The summed E-state index contributed by atoms with van der Waals surface area (Å²) in [6.07, 6.45) is -1.92. The molecule has 2 nitrogen and oxygen atoms in total. The number of rotatable bonds is 5. The van der Waals surface area contributed by atoms with Crippen molar-refractivity contribution in [2.24, 2.45) is 11.8 Å². The van der Waals surface area contributed by atoms with Crippen molar-refractivity contribution < 1.29 is 13.2 Å². The second-order valence-corrected chi connectivity index (χ2v) is 7.68. The van der Waals surface area contributed by atoms with Gasteiger partial charge in [0.05, 0.1) is 5.56 Å². The van der Waals surface area contributed by atoms with E-state index in [9.17, 15) is 13.2 Å². The molecule has 3 heterocycles. The first-order valence-electron chi connectivity index (χ1n) is 8.96. The summed E-state index contributed by atoms with van der Waals surface area (Å²) in [7, 11) is 0. The first-order valence-corrected chi connectivity index (χ1v) is 8.96. The summed E-state index contributed by atoms with van der Waals surface area (Å²) in [5, 5.41) is 0. The van der Waals surface area contributed by atoms with E-state index >= 15 is 0 Å². The molecule has 1 atom stereocenters. The molecule has 0 spiro atoms. The zero-order valence-corrected chi connectivity index (χ0v) is 14.5. The first-order chi connectivity index (χ1) is 11.3. The molecule has 4 rings (SSSR count). The van der Waals surface area contributed by atoms with Crippen molar-refractivity contribution in [1.82, 2.24) is 9.80 Å². The van der Waals surface area contributed by atoms with E-state index in [0.717, 1.165) is 26.2 Å². The highest BCUT2D eigenvalue weighted by Crippen LogP contribution is 2.35. The summed E-state index contributed by atoms with van der Waals surface area (Å²) in [5.74, 6) is 1.07. The lowest BCUT2D eigenvalue weighted by Gasteiger charge is -2.49. The average Bonchev–Trinajstić information content (AvgIpc) is 2.54. The van der Waals surface area contributed by atoms with Crippen molar-refractivity contribution in [2.45, 2.75) is 45.5 Å². The predicted octanol–water partition coefficient (Wildman–Crippen LogP) is 4.26. The molecule has 0 aliphatic carbocycles. The van der Waals surface area contributed by atoms with Crippen LogP contribution in [-0.2, 0) is 12.7 Å². The van der Waals surface area contributed by atoms with Gasteiger partial charge >= 0.3 is 6.18 Å². The summed E-state index contributed by atoms with van der Waals surface area (Å²) in [6, 6.07) is 6.43. The third-order valence-corrected chi connectivity index (χ3v) is 5.39. The van der Waals surface area contributed by atoms with Gasteiger partial charge in [-0.15, -0.1) is 0 Å². The molecule has 0 saturated carbocycles.